The Labute approximate surface area is 126 Å². The van der Waals surface area contributed by atoms with Gasteiger partial charge >= 0.3 is 0 Å². The average molecular weight is 299 g/mol. The van der Waals surface area contributed by atoms with Crippen LogP contribution >= 0.6 is 11.8 Å². The van der Waals surface area contributed by atoms with Crippen LogP contribution < -0.4 is 5.73 Å². The van der Waals surface area contributed by atoms with E-state index in [-0.39, 0.29) is 11.9 Å². The zero-order valence-corrected chi connectivity index (χ0v) is 12.3. The molecule has 1 unspecified atom stereocenters. The van der Waals surface area contributed by atoms with Crippen LogP contribution in [0.25, 0.3) is 10.9 Å². The summed E-state index contributed by atoms with van der Waals surface area (Å²) < 4.78 is 14.0. The molecular weight excluding hydrogens is 285 g/mol. The van der Waals surface area contributed by atoms with E-state index in [0.717, 1.165) is 20.8 Å². The van der Waals surface area contributed by atoms with Gasteiger partial charge in [-0.15, -0.1) is 0 Å². The van der Waals surface area contributed by atoms with Gasteiger partial charge in [0.15, 0.2) is 0 Å². The minimum atomic E-state index is -0.373. The van der Waals surface area contributed by atoms with Gasteiger partial charge in [-0.25, -0.2) is 14.4 Å². The fourth-order valence-corrected chi connectivity index (χ4v) is 3.34. The van der Waals surface area contributed by atoms with Crippen LogP contribution in [0.2, 0.25) is 0 Å². The molecule has 1 aromatic heterocycles. The molecule has 0 fully saturated rings. The van der Waals surface area contributed by atoms with Gasteiger partial charge in [0.1, 0.15) is 17.2 Å². The highest BCUT2D eigenvalue weighted by molar-refractivity contribution is 7.99. The number of benzene rings is 2. The van der Waals surface area contributed by atoms with Crippen LogP contribution in [0.4, 0.5) is 4.39 Å². The summed E-state index contributed by atoms with van der Waals surface area (Å²) in [5, 5.41) is 1.75. The second kappa shape index (κ2) is 5.79. The van der Waals surface area contributed by atoms with Crippen molar-refractivity contribution in [3.05, 3.63) is 60.2 Å². The van der Waals surface area contributed by atoms with E-state index in [9.17, 15) is 4.39 Å². The third-order valence-corrected chi connectivity index (χ3v) is 4.28. The van der Waals surface area contributed by atoms with Crippen molar-refractivity contribution in [1.82, 2.24) is 9.97 Å². The van der Waals surface area contributed by atoms with Crippen LogP contribution in [0.3, 0.4) is 0 Å². The van der Waals surface area contributed by atoms with Crippen LogP contribution in [0, 0.1) is 5.82 Å². The smallest absolute Gasteiger partial charge is 0.129 e. The van der Waals surface area contributed by atoms with Crippen LogP contribution in [0.5, 0.6) is 0 Å². The third-order valence-electron chi connectivity index (χ3n) is 3.18. The first-order valence-electron chi connectivity index (χ1n) is 6.58. The maximum Gasteiger partial charge on any atom is 0.129 e. The van der Waals surface area contributed by atoms with Gasteiger partial charge in [-0.2, -0.15) is 0 Å². The molecule has 106 valence electrons. The van der Waals surface area contributed by atoms with Gasteiger partial charge in [0, 0.05) is 21.9 Å². The highest BCUT2D eigenvalue weighted by Crippen LogP contribution is 2.35. The largest absolute Gasteiger partial charge is 0.324 e. The van der Waals surface area contributed by atoms with E-state index in [0.29, 0.717) is 5.56 Å². The lowest BCUT2D eigenvalue weighted by Crippen LogP contribution is -2.09. The van der Waals surface area contributed by atoms with Gasteiger partial charge in [0.05, 0.1) is 5.52 Å². The molecule has 0 bridgehead atoms. The quantitative estimate of drug-likeness (QED) is 0.744. The van der Waals surface area contributed by atoms with E-state index in [2.05, 4.69) is 9.97 Å². The van der Waals surface area contributed by atoms with E-state index in [4.69, 9.17) is 5.73 Å². The Morgan fingerprint density at radius 1 is 1.10 bits per heavy atom. The zero-order chi connectivity index (χ0) is 14.8. The Bertz CT molecular complexity index is 784. The minimum Gasteiger partial charge on any atom is -0.324 e. The molecule has 0 spiro atoms. The van der Waals surface area contributed by atoms with Crippen molar-refractivity contribution in [2.45, 2.75) is 22.9 Å². The van der Waals surface area contributed by atoms with Crippen molar-refractivity contribution in [1.29, 1.82) is 0 Å². The molecule has 21 heavy (non-hydrogen) atoms. The fraction of sp³-hybridized carbons (Fsp3) is 0.125. The summed E-state index contributed by atoms with van der Waals surface area (Å²) in [6.45, 7) is 1.78. The standard InChI is InChI=1S/C16H14FN3S/c1-10(18)15-12(17)6-4-8-14(15)21-16-11-5-2-3-7-13(11)19-9-20-16/h2-10H,18H2,1H3. The number of fused-ring (bicyclic) bond motifs is 1. The highest BCUT2D eigenvalue weighted by Gasteiger charge is 2.15. The monoisotopic (exact) mass is 299 g/mol. The maximum absolute atomic E-state index is 14.0. The first-order valence-corrected chi connectivity index (χ1v) is 7.40. The summed E-state index contributed by atoms with van der Waals surface area (Å²) in [5.74, 6) is -0.284. The molecule has 0 saturated carbocycles. The van der Waals surface area contributed by atoms with Crippen molar-refractivity contribution in [3.8, 4) is 0 Å². The predicted molar refractivity (Wildman–Crippen MR) is 82.7 cm³/mol. The zero-order valence-electron chi connectivity index (χ0n) is 11.5. The number of para-hydroxylation sites is 1. The second-order valence-corrected chi connectivity index (χ2v) is 5.77. The van der Waals surface area contributed by atoms with Crippen molar-refractivity contribution in [2.24, 2.45) is 5.73 Å². The molecule has 0 aliphatic carbocycles. The van der Waals surface area contributed by atoms with Crippen LogP contribution in [0.15, 0.2) is 58.7 Å². The maximum atomic E-state index is 14.0. The summed E-state index contributed by atoms with van der Waals surface area (Å²) in [4.78, 5) is 9.34. The lowest BCUT2D eigenvalue weighted by Gasteiger charge is -2.13. The van der Waals surface area contributed by atoms with E-state index in [1.165, 1.54) is 24.2 Å². The van der Waals surface area contributed by atoms with E-state index in [1.54, 1.807) is 13.0 Å². The van der Waals surface area contributed by atoms with Crippen molar-refractivity contribution >= 4 is 22.7 Å². The molecule has 3 aromatic rings. The Morgan fingerprint density at radius 2 is 1.90 bits per heavy atom. The Morgan fingerprint density at radius 3 is 2.71 bits per heavy atom. The number of nitrogens with zero attached hydrogens (tertiary/aromatic N) is 2. The predicted octanol–water partition coefficient (Wildman–Crippen LogP) is 3.94. The van der Waals surface area contributed by atoms with Crippen molar-refractivity contribution in [2.75, 3.05) is 0 Å². The molecule has 0 amide bonds. The summed E-state index contributed by atoms with van der Waals surface area (Å²) >= 11 is 1.42. The SMILES string of the molecule is CC(N)c1c(F)cccc1Sc1ncnc2ccccc12. The van der Waals surface area contributed by atoms with Crippen molar-refractivity contribution < 1.29 is 4.39 Å². The number of rotatable bonds is 3. The van der Waals surface area contributed by atoms with Crippen LogP contribution in [0.1, 0.15) is 18.5 Å². The molecule has 0 saturated heterocycles. The molecule has 0 aliphatic heterocycles. The van der Waals surface area contributed by atoms with E-state index < -0.39 is 0 Å². The summed E-state index contributed by atoms with van der Waals surface area (Å²) in [7, 11) is 0. The third kappa shape index (κ3) is 2.75. The lowest BCUT2D eigenvalue weighted by molar-refractivity contribution is 0.585. The molecule has 1 heterocycles. The molecular formula is C16H14FN3S. The van der Waals surface area contributed by atoms with Gasteiger partial charge in [-0.3, -0.25) is 0 Å². The summed E-state index contributed by atoms with van der Waals surface area (Å²) in [5.41, 5.74) is 7.28. The number of halogens is 1. The molecule has 0 aliphatic rings. The average Bonchev–Trinajstić information content (AvgIpc) is 2.47. The number of hydrogen-bond donors (Lipinski definition) is 1. The van der Waals surface area contributed by atoms with E-state index >= 15 is 0 Å². The minimum absolute atomic E-state index is 0.284. The molecule has 2 aromatic carbocycles. The lowest BCUT2D eigenvalue weighted by atomic mass is 10.1. The fourth-order valence-electron chi connectivity index (χ4n) is 2.21. The Hall–Kier alpha value is -1.98. The van der Waals surface area contributed by atoms with Gasteiger partial charge in [-0.1, -0.05) is 36.0 Å². The number of aromatic nitrogens is 2. The molecule has 5 heteroatoms. The molecule has 2 N–H and O–H groups in total. The summed E-state index contributed by atoms with van der Waals surface area (Å²) in [6, 6.07) is 12.4. The van der Waals surface area contributed by atoms with Crippen LogP contribution in [-0.4, -0.2) is 9.97 Å². The van der Waals surface area contributed by atoms with E-state index in [1.807, 2.05) is 30.3 Å². The Balaban J connectivity index is 2.09. The topological polar surface area (TPSA) is 51.8 Å². The Kier molecular flexibility index (Phi) is 3.86. The van der Waals surface area contributed by atoms with Gasteiger partial charge in [0.2, 0.25) is 0 Å². The van der Waals surface area contributed by atoms with Gasteiger partial charge in [-0.05, 0) is 25.1 Å². The highest BCUT2D eigenvalue weighted by atomic mass is 32.2. The van der Waals surface area contributed by atoms with Gasteiger partial charge in [0.25, 0.3) is 0 Å². The molecule has 3 rings (SSSR count). The molecule has 0 radical (unpaired) electrons. The first-order chi connectivity index (χ1) is 10.2. The summed E-state index contributed by atoms with van der Waals surface area (Å²) in [6.07, 6.45) is 1.52. The van der Waals surface area contributed by atoms with Gasteiger partial charge < -0.3 is 5.73 Å². The number of nitrogens with two attached hydrogens (primary N) is 1. The number of hydrogen-bond acceptors (Lipinski definition) is 4. The molecule has 1 atom stereocenters. The second-order valence-electron chi connectivity index (χ2n) is 4.74. The normalized spacial score (nSPS) is 12.5. The first kappa shape index (κ1) is 14.0. The molecule has 3 nitrogen and oxygen atoms in total. The van der Waals surface area contributed by atoms with Crippen molar-refractivity contribution in [3.63, 3.8) is 0 Å². The van der Waals surface area contributed by atoms with Crippen LogP contribution in [-0.2, 0) is 0 Å².